The summed E-state index contributed by atoms with van der Waals surface area (Å²) in [6.07, 6.45) is 0. The molecule has 0 aliphatic carbocycles. The molecule has 4 rings (SSSR count). The number of sulfonamides is 2. The summed E-state index contributed by atoms with van der Waals surface area (Å²) in [7, 11) is -8.14. The minimum atomic E-state index is -4.07. The number of nitrogens with zero attached hydrogens (tertiary/aromatic N) is 2. The quantitative estimate of drug-likeness (QED) is 0.727. The molecule has 2 heterocycles. The van der Waals surface area contributed by atoms with E-state index < -0.39 is 31.9 Å². The minimum Gasteiger partial charge on any atom is -0.268 e. The fraction of sp³-hybridized carbons (Fsp3) is 0. The Balaban J connectivity index is 1.87. The molecule has 132 valence electrons. The normalized spacial score (nSPS) is 19.1. The van der Waals surface area contributed by atoms with Crippen LogP contribution in [0.4, 0.5) is 11.4 Å². The highest BCUT2D eigenvalue weighted by atomic mass is 32.2. The van der Waals surface area contributed by atoms with E-state index in [0.29, 0.717) is 0 Å². The number of hydrogen-bond donors (Lipinski definition) is 2. The Morgan fingerprint density at radius 3 is 1.42 bits per heavy atom. The maximum atomic E-state index is 12.0. The Bertz CT molecular complexity index is 1150. The van der Waals surface area contributed by atoms with Crippen LogP contribution in [0.1, 0.15) is 20.7 Å². The first-order valence-corrected chi connectivity index (χ1v) is 9.99. The van der Waals surface area contributed by atoms with Gasteiger partial charge in [0.05, 0.1) is 11.1 Å². The summed E-state index contributed by atoms with van der Waals surface area (Å²) in [5, 5.41) is 7.59. The van der Waals surface area contributed by atoms with Gasteiger partial charge in [0.15, 0.2) is 0 Å². The lowest BCUT2D eigenvalue weighted by Crippen LogP contribution is -2.20. The molecule has 0 aromatic heterocycles. The van der Waals surface area contributed by atoms with Gasteiger partial charge in [-0.3, -0.25) is 9.59 Å². The molecular weight excluding hydrogens is 384 g/mol. The van der Waals surface area contributed by atoms with Crippen LogP contribution in [0, 0.1) is 0 Å². The summed E-state index contributed by atoms with van der Waals surface area (Å²) in [4.78, 5) is 22.7. The minimum absolute atomic E-state index is 0.0794. The molecule has 2 aliphatic heterocycles. The lowest BCUT2D eigenvalue weighted by Gasteiger charge is -2.02. The predicted molar refractivity (Wildman–Crippen MR) is 86.4 cm³/mol. The molecule has 0 fully saturated rings. The average molecular weight is 392 g/mol. The van der Waals surface area contributed by atoms with Crippen LogP contribution >= 0.6 is 0 Å². The number of fused-ring (bicyclic) bond motifs is 2. The Hall–Kier alpha value is -3.12. The van der Waals surface area contributed by atoms with Gasteiger partial charge in [0.2, 0.25) is 0 Å². The zero-order valence-corrected chi connectivity index (χ0v) is 14.3. The molecule has 2 N–H and O–H groups in total. The van der Waals surface area contributed by atoms with Gasteiger partial charge in [0.1, 0.15) is 21.2 Å². The predicted octanol–water partition coefficient (Wildman–Crippen LogP) is 0.966. The number of amides is 2. The zero-order chi connectivity index (χ0) is 18.7. The number of benzene rings is 2. The second-order valence-corrected chi connectivity index (χ2v) is 8.62. The summed E-state index contributed by atoms with van der Waals surface area (Å²) < 4.78 is 51.9. The van der Waals surface area contributed by atoms with Crippen LogP contribution in [-0.4, -0.2) is 28.6 Å². The van der Waals surface area contributed by atoms with Crippen LogP contribution in [-0.2, 0) is 20.0 Å². The van der Waals surface area contributed by atoms with Gasteiger partial charge in [-0.25, -0.2) is 26.3 Å². The van der Waals surface area contributed by atoms with E-state index in [-0.39, 0.29) is 32.3 Å². The number of azo groups is 1. The first kappa shape index (κ1) is 16.4. The molecule has 0 bridgehead atoms. The summed E-state index contributed by atoms with van der Waals surface area (Å²) in [6.45, 7) is 0. The highest BCUT2D eigenvalue weighted by Crippen LogP contribution is 2.36. The van der Waals surface area contributed by atoms with E-state index in [2.05, 4.69) is 10.2 Å². The maximum Gasteiger partial charge on any atom is 0.267 e. The fourth-order valence-corrected chi connectivity index (χ4v) is 5.27. The van der Waals surface area contributed by atoms with Crippen molar-refractivity contribution >= 4 is 43.2 Å². The second kappa shape index (κ2) is 5.19. The van der Waals surface area contributed by atoms with Gasteiger partial charge in [0.25, 0.3) is 31.9 Å². The SMILES string of the molecule is O=C1NS(=O)(=O)c2c(N=Nc3cccc4c3S(=O)(=O)NC4=O)cccc21. The van der Waals surface area contributed by atoms with Crippen molar-refractivity contribution in [1.82, 2.24) is 9.44 Å². The van der Waals surface area contributed by atoms with Crippen molar-refractivity contribution in [1.29, 1.82) is 0 Å². The third-order valence-corrected chi connectivity index (χ3v) is 6.58. The largest absolute Gasteiger partial charge is 0.268 e. The molecule has 0 unspecified atom stereocenters. The van der Waals surface area contributed by atoms with Crippen LogP contribution in [0.2, 0.25) is 0 Å². The van der Waals surface area contributed by atoms with Gasteiger partial charge in [-0.1, -0.05) is 12.1 Å². The fourth-order valence-electron chi connectivity index (χ4n) is 2.69. The van der Waals surface area contributed by atoms with Crippen molar-refractivity contribution in [2.24, 2.45) is 10.2 Å². The van der Waals surface area contributed by atoms with Gasteiger partial charge in [-0.05, 0) is 24.3 Å². The highest BCUT2D eigenvalue weighted by molar-refractivity contribution is 7.91. The molecule has 2 aromatic carbocycles. The lowest BCUT2D eigenvalue weighted by molar-refractivity contribution is 0.0976. The number of rotatable bonds is 2. The number of hydrogen-bond acceptors (Lipinski definition) is 8. The summed E-state index contributed by atoms with van der Waals surface area (Å²) in [5.41, 5.74) is -0.422. The Labute approximate surface area is 147 Å². The monoisotopic (exact) mass is 392 g/mol. The first-order chi connectivity index (χ1) is 12.2. The number of carbonyl (C=O) groups is 2. The molecule has 10 nitrogen and oxygen atoms in total. The lowest BCUT2D eigenvalue weighted by atomic mass is 10.2. The molecule has 0 atom stereocenters. The number of carbonyl (C=O) groups excluding carboxylic acids is 2. The standard InChI is InChI=1S/C14H8N4O6S2/c19-13-7-3-1-5-9(11(7)25(21,22)17-13)15-16-10-6-2-4-8-12(10)26(23,24)18-14(8)20/h1-6H,(H,17,19)(H,18,20). The molecule has 26 heavy (non-hydrogen) atoms. The summed E-state index contributed by atoms with van der Waals surface area (Å²) in [5.74, 6) is -1.56. The van der Waals surface area contributed by atoms with Crippen molar-refractivity contribution < 1.29 is 26.4 Å². The van der Waals surface area contributed by atoms with Crippen LogP contribution in [0.3, 0.4) is 0 Å². The smallest absolute Gasteiger partial charge is 0.267 e. The van der Waals surface area contributed by atoms with E-state index in [4.69, 9.17) is 0 Å². The third kappa shape index (κ3) is 2.30. The van der Waals surface area contributed by atoms with E-state index >= 15 is 0 Å². The third-order valence-electron chi connectivity index (χ3n) is 3.73. The van der Waals surface area contributed by atoms with Crippen molar-refractivity contribution in [3.05, 3.63) is 47.5 Å². The maximum absolute atomic E-state index is 12.0. The van der Waals surface area contributed by atoms with Crippen molar-refractivity contribution in [2.45, 2.75) is 9.79 Å². The Morgan fingerprint density at radius 1 is 0.654 bits per heavy atom. The van der Waals surface area contributed by atoms with E-state index in [1.807, 2.05) is 9.44 Å². The van der Waals surface area contributed by atoms with Crippen molar-refractivity contribution in [2.75, 3.05) is 0 Å². The molecule has 2 amide bonds. The topological polar surface area (TPSA) is 151 Å². The van der Waals surface area contributed by atoms with Crippen LogP contribution < -0.4 is 9.44 Å². The van der Waals surface area contributed by atoms with Crippen LogP contribution in [0.25, 0.3) is 0 Å². The van der Waals surface area contributed by atoms with Gasteiger partial charge in [0, 0.05) is 0 Å². The van der Waals surface area contributed by atoms with Crippen molar-refractivity contribution in [3.8, 4) is 0 Å². The highest BCUT2D eigenvalue weighted by Gasteiger charge is 2.36. The average Bonchev–Trinajstić information content (AvgIpc) is 2.95. The molecule has 2 aliphatic rings. The second-order valence-electron chi connectivity index (χ2n) is 5.38. The van der Waals surface area contributed by atoms with Gasteiger partial charge < -0.3 is 0 Å². The van der Waals surface area contributed by atoms with E-state index in [0.717, 1.165) is 0 Å². The summed E-state index contributed by atoms with van der Waals surface area (Å²) in [6, 6.07) is 8.13. The molecule has 12 heteroatoms. The Morgan fingerprint density at radius 2 is 1.04 bits per heavy atom. The first-order valence-electron chi connectivity index (χ1n) is 7.03. The molecular formula is C14H8N4O6S2. The van der Waals surface area contributed by atoms with Crippen LogP contribution in [0.5, 0.6) is 0 Å². The van der Waals surface area contributed by atoms with E-state index in [1.165, 1.54) is 36.4 Å². The van der Waals surface area contributed by atoms with Gasteiger partial charge >= 0.3 is 0 Å². The molecule has 0 spiro atoms. The molecule has 0 saturated heterocycles. The van der Waals surface area contributed by atoms with E-state index in [9.17, 15) is 26.4 Å². The van der Waals surface area contributed by atoms with Crippen molar-refractivity contribution in [3.63, 3.8) is 0 Å². The molecule has 0 radical (unpaired) electrons. The molecule has 2 aromatic rings. The number of nitrogens with one attached hydrogen (secondary N) is 2. The van der Waals surface area contributed by atoms with Crippen LogP contribution in [0.15, 0.2) is 56.4 Å². The van der Waals surface area contributed by atoms with Gasteiger partial charge in [-0.15, -0.1) is 10.2 Å². The molecule has 0 saturated carbocycles. The van der Waals surface area contributed by atoms with Gasteiger partial charge in [-0.2, -0.15) is 0 Å². The Kier molecular flexibility index (Phi) is 3.26. The van der Waals surface area contributed by atoms with E-state index in [1.54, 1.807) is 0 Å². The summed E-state index contributed by atoms with van der Waals surface area (Å²) >= 11 is 0. The zero-order valence-electron chi connectivity index (χ0n) is 12.6.